The quantitative estimate of drug-likeness (QED) is 0.732. The van der Waals surface area contributed by atoms with Gasteiger partial charge in [0.15, 0.2) is 0 Å². The minimum absolute atomic E-state index is 0.0178. The van der Waals surface area contributed by atoms with Crippen molar-refractivity contribution in [2.75, 3.05) is 18.4 Å². The summed E-state index contributed by atoms with van der Waals surface area (Å²) in [6.45, 7) is 0.773. The van der Waals surface area contributed by atoms with Crippen molar-refractivity contribution < 1.29 is 13.6 Å². The van der Waals surface area contributed by atoms with Gasteiger partial charge < -0.3 is 16.0 Å². The van der Waals surface area contributed by atoms with Gasteiger partial charge in [-0.25, -0.2) is 18.8 Å². The topological polar surface area (TPSA) is 83.6 Å². The number of pyridine rings is 1. The Balaban J connectivity index is 1.54. The molecule has 0 radical (unpaired) electrons. The van der Waals surface area contributed by atoms with Gasteiger partial charge in [0.05, 0.1) is 16.8 Å². The molecule has 0 bridgehead atoms. The van der Waals surface area contributed by atoms with E-state index < -0.39 is 17.3 Å². The molecule has 1 saturated heterocycles. The lowest BCUT2D eigenvalue weighted by atomic mass is 9.93. The molecule has 0 aliphatic carbocycles. The maximum Gasteiger partial charge on any atom is 0.255 e. The van der Waals surface area contributed by atoms with E-state index >= 15 is 0 Å². The molecular formula is C18H16ClF2N5O. The Morgan fingerprint density at radius 1 is 1.19 bits per heavy atom. The number of amides is 1. The van der Waals surface area contributed by atoms with E-state index in [2.05, 4.69) is 15.3 Å². The van der Waals surface area contributed by atoms with Crippen molar-refractivity contribution in [3.8, 4) is 0 Å². The highest BCUT2D eigenvalue weighted by Crippen LogP contribution is 2.36. The lowest BCUT2D eigenvalue weighted by Gasteiger charge is -2.42. The third-order valence-corrected chi connectivity index (χ3v) is 5.13. The summed E-state index contributed by atoms with van der Waals surface area (Å²) >= 11 is 5.75. The largest absolute Gasteiger partial charge is 0.383 e. The van der Waals surface area contributed by atoms with E-state index in [0.717, 1.165) is 12.1 Å². The summed E-state index contributed by atoms with van der Waals surface area (Å²) in [6.07, 6.45) is 2.25. The second kappa shape index (κ2) is 6.45. The average Bonchev–Trinajstić information content (AvgIpc) is 2.65. The molecule has 2 aromatic rings. The third-order valence-electron chi connectivity index (χ3n) is 4.90. The van der Waals surface area contributed by atoms with Crippen LogP contribution in [0.3, 0.4) is 0 Å². The van der Waals surface area contributed by atoms with Crippen molar-refractivity contribution in [3.63, 3.8) is 0 Å². The molecule has 3 N–H and O–H groups in total. The highest BCUT2D eigenvalue weighted by molar-refractivity contribution is 6.29. The maximum atomic E-state index is 14.2. The summed E-state index contributed by atoms with van der Waals surface area (Å²) in [7, 11) is 0. The van der Waals surface area contributed by atoms with Crippen molar-refractivity contribution in [1.29, 1.82) is 0 Å². The zero-order valence-corrected chi connectivity index (χ0v) is 14.9. The Labute approximate surface area is 159 Å². The van der Waals surface area contributed by atoms with Gasteiger partial charge in [-0.05, 0) is 24.3 Å². The van der Waals surface area contributed by atoms with E-state index in [9.17, 15) is 13.6 Å². The van der Waals surface area contributed by atoms with Gasteiger partial charge in [0.2, 0.25) is 0 Å². The fraction of sp³-hybridized carbons (Fsp3) is 0.278. The molecule has 6 nitrogen and oxygen atoms in total. The lowest BCUT2D eigenvalue weighted by Crippen LogP contribution is -2.52. The van der Waals surface area contributed by atoms with Crippen LogP contribution >= 0.6 is 11.6 Å². The van der Waals surface area contributed by atoms with Gasteiger partial charge in [0.25, 0.3) is 5.91 Å². The monoisotopic (exact) mass is 391 g/mol. The molecule has 1 aromatic carbocycles. The first-order valence-corrected chi connectivity index (χ1v) is 8.79. The molecule has 0 unspecified atom stereocenters. The fourth-order valence-corrected chi connectivity index (χ4v) is 3.58. The van der Waals surface area contributed by atoms with Gasteiger partial charge >= 0.3 is 0 Å². The van der Waals surface area contributed by atoms with E-state index in [1.165, 1.54) is 6.20 Å². The number of benzene rings is 1. The van der Waals surface area contributed by atoms with Crippen LogP contribution in [0, 0.1) is 11.6 Å². The predicted molar refractivity (Wildman–Crippen MR) is 97.8 cm³/mol. The van der Waals surface area contributed by atoms with Gasteiger partial charge in [-0.3, -0.25) is 4.79 Å². The summed E-state index contributed by atoms with van der Waals surface area (Å²) in [5, 5.41) is 3.32. The van der Waals surface area contributed by atoms with Crippen molar-refractivity contribution in [3.05, 3.63) is 58.4 Å². The number of fused-ring (bicyclic) bond motifs is 1. The SMILES string of the molecule is NC1=NC2(CCN(C(=O)c3ccc(Cl)nc3)CC2)Nc2c(F)ccc(F)c21. The maximum absolute atomic E-state index is 14.2. The summed E-state index contributed by atoms with van der Waals surface area (Å²) in [5.41, 5.74) is 5.47. The molecule has 1 spiro atoms. The zero-order chi connectivity index (χ0) is 19.2. The molecule has 2 aliphatic rings. The van der Waals surface area contributed by atoms with Crippen LogP contribution < -0.4 is 11.1 Å². The number of carbonyl (C=O) groups is 1. The molecule has 1 aromatic heterocycles. The van der Waals surface area contributed by atoms with E-state index in [1.807, 2.05) is 0 Å². The summed E-state index contributed by atoms with van der Waals surface area (Å²) in [4.78, 5) is 22.6. The molecule has 4 rings (SSSR count). The van der Waals surface area contributed by atoms with E-state index in [0.29, 0.717) is 36.6 Å². The number of halogens is 3. The predicted octanol–water partition coefficient (Wildman–Crippen LogP) is 2.78. The van der Waals surface area contributed by atoms with E-state index in [1.54, 1.807) is 17.0 Å². The molecule has 27 heavy (non-hydrogen) atoms. The van der Waals surface area contributed by atoms with Crippen LogP contribution in [-0.2, 0) is 0 Å². The lowest BCUT2D eigenvalue weighted by molar-refractivity contribution is 0.0685. The van der Waals surface area contributed by atoms with E-state index in [-0.39, 0.29) is 23.0 Å². The molecule has 3 heterocycles. The van der Waals surface area contributed by atoms with Gasteiger partial charge in [0, 0.05) is 32.1 Å². The van der Waals surface area contributed by atoms with Crippen molar-refractivity contribution >= 4 is 29.0 Å². The minimum Gasteiger partial charge on any atom is -0.383 e. The number of nitrogens with zero attached hydrogens (tertiary/aromatic N) is 3. The summed E-state index contributed by atoms with van der Waals surface area (Å²) in [5.74, 6) is -1.42. The highest BCUT2D eigenvalue weighted by atomic mass is 35.5. The summed E-state index contributed by atoms with van der Waals surface area (Å²) in [6, 6.07) is 5.25. The number of hydrogen-bond acceptors (Lipinski definition) is 5. The number of rotatable bonds is 1. The van der Waals surface area contributed by atoms with Gasteiger partial charge in [-0.15, -0.1) is 0 Å². The normalized spacial score (nSPS) is 17.9. The van der Waals surface area contributed by atoms with Gasteiger partial charge in [0.1, 0.15) is 28.3 Å². The molecule has 0 saturated carbocycles. The number of nitrogens with two attached hydrogens (primary N) is 1. The van der Waals surface area contributed by atoms with Crippen LogP contribution in [-0.4, -0.2) is 40.4 Å². The smallest absolute Gasteiger partial charge is 0.255 e. The number of hydrogen-bond donors (Lipinski definition) is 2. The number of aromatic nitrogens is 1. The van der Waals surface area contributed by atoms with Crippen LogP contribution in [0.25, 0.3) is 0 Å². The number of anilines is 1. The van der Waals surface area contributed by atoms with Crippen LogP contribution in [0.2, 0.25) is 5.15 Å². The number of nitrogens with one attached hydrogen (secondary N) is 1. The standard InChI is InChI=1S/C18H16ClF2N5O/c19-13-4-1-10(9-23-13)17(27)26-7-5-18(6-8-26)24-15-12(21)3-2-11(20)14(15)16(22)25-18/h1-4,9,24H,5-8H2,(H2,22,25). The van der Waals surface area contributed by atoms with Crippen LogP contribution in [0.5, 0.6) is 0 Å². The fourth-order valence-electron chi connectivity index (χ4n) is 3.47. The molecule has 1 fully saturated rings. The first-order chi connectivity index (χ1) is 12.9. The highest BCUT2D eigenvalue weighted by Gasteiger charge is 2.40. The number of amidine groups is 1. The van der Waals surface area contributed by atoms with Crippen molar-refractivity contribution in [2.24, 2.45) is 10.7 Å². The molecule has 140 valence electrons. The minimum atomic E-state index is -0.860. The van der Waals surface area contributed by atoms with Gasteiger partial charge in [-0.2, -0.15) is 0 Å². The third kappa shape index (κ3) is 3.10. The zero-order valence-electron chi connectivity index (χ0n) is 14.2. The Kier molecular flexibility index (Phi) is 4.22. The number of carbonyl (C=O) groups excluding carboxylic acids is 1. The summed E-state index contributed by atoms with van der Waals surface area (Å²) < 4.78 is 28.2. The van der Waals surface area contributed by atoms with Crippen molar-refractivity contribution in [1.82, 2.24) is 9.88 Å². The van der Waals surface area contributed by atoms with Crippen LogP contribution in [0.4, 0.5) is 14.5 Å². The Hall–Kier alpha value is -2.74. The molecular weight excluding hydrogens is 376 g/mol. The molecule has 0 atom stereocenters. The number of piperidine rings is 1. The molecule has 9 heteroatoms. The molecule has 1 amide bonds. The average molecular weight is 392 g/mol. The van der Waals surface area contributed by atoms with E-state index in [4.69, 9.17) is 17.3 Å². The second-order valence-electron chi connectivity index (χ2n) is 6.59. The Bertz CT molecular complexity index is 940. The van der Waals surface area contributed by atoms with Crippen LogP contribution in [0.15, 0.2) is 35.5 Å². The number of aliphatic imine (C=N–C) groups is 1. The second-order valence-corrected chi connectivity index (χ2v) is 6.98. The molecule has 2 aliphatic heterocycles. The Morgan fingerprint density at radius 2 is 1.89 bits per heavy atom. The van der Waals surface area contributed by atoms with Crippen molar-refractivity contribution in [2.45, 2.75) is 18.5 Å². The number of likely N-dealkylation sites (tertiary alicyclic amines) is 1. The van der Waals surface area contributed by atoms with Gasteiger partial charge in [-0.1, -0.05) is 11.6 Å². The first kappa shape index (κ1) is 17.7. The first-order valence-electron chi connectivity index (χ1n) is 8.41. The Morgan fingerprint density at radius 3 is 2.56 bits per heavy atom. The van der Waals surface area contributed by atoms with Crippen LogP contribution in [0.1, 0.15) is 28.8 Å².